The van der Waals surface area contributed by atoms with Crippen LogP contribution in [0.4, 0.5) is 0 Å². The monoisotopic (exact) mass is 268 g/mol. The van der Waals surface area contributed by atoms with E-state index in [-0.39, 0.29) is 0 Å². The van der Waals surface area contributed by atoms with Crippen LogP contribution in [0.5, 0.6) is 0 Å². The lowest BCUT2D eigenvalue weighted by molar-refractivity contribution is 1.38. The van der Waals surface area contributed by atoms with E-state index < -0.39 is 0 Å². The van der Waals surface area contributed by atoms with Crippen molar-refractivity contribution in [1.82, 2.24) is 0 Å². The minimum absolute atomic E-state index is 0.768. The number of benzene rings is 2. The molecule has 0 aliphatic carbocycles. The molecule has 82 valence electrons. The van der Waals surface area contributed by atoms with Crippen molar-refractivity contribution in [3.05, 3.63) is 64.1 Å². The third-order valence-corrected chi connectivity index (χ3v) is 3.79. The third-order valence-electron chi connectivity index (χ3n) is 2.15. The second kappa shape index (κ2) is 5.62. The van der Waals surface area contributed by atoms with E-state index >= 15 is 0 Å². The van der Waals surface area contributed by atoms with Crippen molar-refractivity contribution >= 4 is 35.0 Å². The molecule has 0 unspecified atom stereocenters. The van der Waals surface area contributed by atoms with E-state index in [2.05, 4.69) is 0 Å². The molecule has 0 fully saturated rings. The number of rotatable bonds is 3. The SMILES string of the molecule is Clc1cccc(SCc2ccccc2Cl)c1. The molecule has 0 aliphatic rings. The predicted molar refractivity (Wildman–Crippen MR) is 72.5 cm³/mol. The van der Waals surface area contributed by atoms with Gasteiger partial charge in [-0.15, -0.1) is 11.8 Å². The van der Waals surface area contributed by atoms with Crippen molar-refractivity contribution in [2.75, 3.05) is 0 Å². The highest BCUT2D eigenvalue weighted by molar-refractivity contribution is 7.98. The number of hydrogen-bond donors (Lipinski definition) is 0. The average Bonchev–Trinajstić information content (AvgIpc) is 2.28. The van der Waals surface area contributed by atoms with Gasteiger partial charge in [0.25, 0.3) is 0 Å². The lowest BCUT2D eigenvalue weighted by atomic mass is 10.2. The summed E-state index contributed by atoms with van der Waals surface area (Å²) in [4.78, 5) is 1.16. The summed E-state index contributed by atoms with van der Waals surface area (Å²) in [5.74, 6) is 0.861. The Hall–Kier alpha value is -0.630. The van der Waals surface area contributed by atoms with Gasteiger partial charge >= 0.3 is 0 Å². The molecule has 0 radical (unpaired) electrons. The maximum atomic E-state index is 6.08. The quantitative estimate of drug-likeness (QED) is 0.682. The third kappa shape index (κ3) is 3.18. The number of thioether (sulfide) groups is 1. The zero-order valence-corrected chi connectivity index (χ0v) is 10.8. The smallest absolute Gasteiger partial charge is 0.0446 e. The van der Waals surface area contributed by atoms with Gasteiger partial charge in [0, 0.05) is 20.7 Å². The number of halogens is 2. The highest BCUT2D eigenvalue weighted by Crippen LogP contribution is 2.27. The van der Waals surface area contributed by atoms with Crippen LogP contribution in [0.15, 0.2) is 53.4 Å². The first-order valence-corrected chi connectivity index (χ1v) is 6.61. The Morgan fingerprint density at radius 1 is 0.938 bits per heavy atom. The molecule has 0 amide bonds. The molecule has 0 aliphatic heterocycles. The van der Waals surface area contributed by atoms with Gasteiger partial charge in [-0.05, 0) is 29.8 Å². The zero-order valence-electron chi connectivity index (χ0n) is 8.49. The van der Waals surface area contributed by atoms with Crippen molar-refractivity contribution in [2.45, 2.75) is 10.6 Å². The van der Waals surface area contributed by atoms with Crippen LogP contribution in [-0.2, 0) is 5.75 Å². The fourth-order valence-electron chi connectivity index (χ4n) is 1.33. The van der Waals surface area contributed by atoms with Crippen LogP contribution in [0.2, 0.25) is 10.0 Å². The van der Waals surface area contributed by atoms with Crippen molar-refractivity contribution in [3.63, 3.8) is 0 Å². The first kappa shape index (κ1) is 11.8. The Morgan fingerprint density at radius 2 is 1.75 bits per heavy atom. The fourth-order valence-corrected chi connectivity index (χ4v) is 2.83. The van der Waals surface area contributed by atoms with Gasteiger partial charge in [-0.2, -0.15) is 0 Å². The second-order valence-corrected chi connectivity index (χ2v) is 5.23. The van der Waals surface area contributed by atoms with Crippen LogP contribution in [-0.4, -0.2) is 0 Å². The van der Waals surface area contributed by atoms with E-state index in [1.54, 1.807) is 11.8 Å². The van der Waals surface area contributed by atoms with Crippen LogP contribution in [0, 0.1) is 0 Å². The molecule has 2 aromatic rings. The topological polar surface area (TPSA) is 0 Å². The standard InChI is InChI=1S/C13H10Cl2S/c14-11-5-3-6-12(8-11)16-9-10-4-1-2-7-13(10)15/h1-8H,9H2. The molecule has 2 rings (SSSR count). The van der Waals surface area contributed by atoms with E-state index in [1.165, 1.54) is 0 Å². The molecule has 0 saturated carbocycles. The molecule has 16 heavy (non-hydrogen) atoms. The van der Waals surface area contributed by atoms with Crippen molar-refractivity contribution in [2.24, 2.45) is 0 Å². The van der Waals surface area contributed by atoms with Crippen LogP contribution < -0.4 is 0 Å². The van der Waals surface area contributed by atoms with Gasteiger partial charge in [0.2, 0.25) is 0 Å². The van der Waals surface area contributed by atoms with Gasteiger partial charge in [0.05, 0.1) is 0 Å². The van der Waals surface area contributed by atoms with Crippen molar-refractivity contribution in [3.8, 4) is 0 Å². The lowest BCUT2D eigenvalue weighted by Gasteiger charge is -2.04. The van der Waals surface area contributed by atoms with E-state index in [4.69, 9.17) is 23.2 Å². The van der Waals surface area contributed by atoms with E-state index in [0.29, 0.717) is 0 Å². The van der Waals surface area contributed by atoms with Gasteiger partial charge in [-0.25, -0.2) is 0 Å². The Morgan fingerprint density at radius 3 is 2.50 bits per heavy atom. The van der Waals surface area contributed by atoms with Gasteiger partial charge in [0.15, 0.2) is 0 Å². The highest BCUT2D eigenvalue weighted by atomic mass is 35.5. The Balaban J connectivity index is 2.05. The first-order valence-electron chi connectivity index (χ1n) is 4.87. The van der Waals surface area contributed by atoms with Crippen LogP contribution in [0.3, 0.4) is 0 Å². The largest absolute Gasteiger partial charge is 0.121 e. The van der Waals surface area contributed by atoms with Crippen LogP contribution >= 0.6 is 35.0 Å². The summed E-state index contributed by atoms with van der Waals surface area (Å²) < 4.78 is 0. The molecule has 0 aromatic heterocycles. The van der Waals surface area contributed by atoms with Gasteiger partial charge in [-0.1, -0.05) is 47.5 Å². The Labute approximate surface area is 110 Å². The zero-order chi connectivity index (χ0) is 11.4. The summed E-state index contributed by atoms with van der Waals surface area (Å²) in [6.07, 6.45) is 0. The fraction of sp³-hybridized carbons (Fsp3) is 0.0769. The minimum atomic E-state index is 0.768. The molecule has 3 heteroatoms. The van der Waals surface area contributed by atoms with Crippen molar-refractivity contribution in [1.29, 1.82) is 0 Å². The molecule has 0 spiro atoms. The Kier molecular flexibility index (Phi) is 4.16. The lowest BCUT2D eigenvalue weighted by Crippen LogP contribution is -1.81. The molecule has 0 atom stereocenters. The molecule has 0 heterocycles. The maximum Gasteiger partial charge on any atom is 0.0446 e. The van der Waals surface area contributed by atoms with Crippen LogP contribution in [0.1, 0.15) is 5.56 Å². The normalized spacial score (nSPS) is 10.4. The van der Waals surface area contributed by atoms with E-state index in [9.17, 15) is 0 Å². The summed E-state index contributed by atoms with van der Waals surface area (Å²) >= 11 is 13.7. The van der Waals surface area contributed by atoms with Crippen LogP contribution in [0.25, 0.3) is 0 Å². The van der Waals surface area contributed by atoms with Gasteiger partial charge in [-0.3, -0.25) is 0 Å². The minimum Gasteiger partial charge on any atom is -0.121 e. The summed E-state index contributed by atoms with van der Waals surface area (Å²) in [5, 5.41) is 1.58. The molecule has 0 nitrogen and oxygen atoms in total. The van der Waals surface area contributed by atoms with E-state index in [0.717, 1.165) is 26.3 Å². The van der Waals surface area contributed by atoms with E-state index in [1.807, 2.05) is 48.5 Å². The first-order chi connectivity index (χ1) is 7.75. The highest BCUT2D eigenvalue weighted by Gasteiger charge is 2.00. The molecular formula is C13H10Cl2S. The summed E-state index contributed by atoms with van der Waals surface area (Å²) in [5.41, 5.74) is 1.15. The Bertz CT molecular complexity index is 483. The van der Waals surface area contributed by atoms with Gasteiger partial charge < -0.3 is 0 Å². The second-order valence-electron chi connectivity index (χ2n) is 3.34. The summed E-state index contributed by atoms with van der Waals surface area (Å²) in [6.45, 7) is 0. The molecule has 0 bridgehead atoms. The molecule has 0 N–H and O–H groups in total. The summed E-state index contributed by atoms with van der Waals surface area (Å²) in [7, 11) is 0. The summed E-state index contributed by atoms with van der Waals surface area (Å²) in [6, 6.07) is 15.7. The molecule has 2 aromatic carbocycles. The maximum absolute atomic E-state index is 6.08. The predicted octanol–water partition coefficient (Wildman–Crippen LogP) is 5.29. The molecule has 0 saturated heterocycles. The number of hydrogen-bond acceptors (Lipinski definition) is 1. The van der Waals surface area contributed by atoms with Crippen molar-refractivity contribution < 1.29 is 0 Å². The van der Waals surface area contributed by atoms with Gasteiger partial charge in [0.1, 0.15) is 0 Å². The average molecular weight is 269 g/mol. The molecular weight excluding hydrogens is 259 g/mol.